The van der Waals surface area contributed by atoms with Gasteiger partial charge < -0.3 is 10.6 Å². The smallest absolute Gasteiger partial charge is 0.0679 e. The van der Waals surface area contributed by atoms with Crippen LogP contribution in [0.5, 0.6) is 0 Å². The fraction of sp³-hybridized carbons (Fsp3) is 1.00. The Morgan fingerprint density at radius 1 is 0.750 bits per heavy atom. The Balaban J connectivity index is 2.73. The van der Waals surface area contributed by atoms with Crippen LogP contribution in [0.4, 0.5) is 0 Å². The van der Waals surface area contributed by atoms with E-state index >= 15 is 0 Å². The van der Waals surface area contributed by atoms with Crippen molar-refractivity contribution in [1.29, 1.82) is 0 Å². The molecule has 0 heterocycles. The summed E-state index contributed by atoms with van der Waals surface area (Å²) in [6, 6.07) is 0. The Labute approximate surface area is 75.4 Å². The highest BCUT2D eigenvalue weighted by atomic mass is 16.6. The molecule has 0 spiro atoms. The number of hydrogen-bond acceptors (Lipinski definition) is 3. The molecule has 0 aromatic heterocycles. The molecule has 4 N–H and O–H groups in total. The van der Waals surface area contributed by atoms with Crippen LogP contribution in [0.15, 0.2) is 0 Å². The molecular formula is C9H22N2O. The fourth-order valence-corrected chi connectivity index (χ4v) is 1.21. The zero-order valence-electron chi connectivity index (χ0n) is 7.93. The van der Waals surface area contributed by atoms with Gasteiger partial charge in [0.15, 0.2) is 0 Å². The maximum atomic E-state index is 5.38. The Bertz CT molecular complexity index is 68.9. The van der Waals surface area contributed by atoms with Crippen molar-refractivity contribution >= 4 is 0 Å². The van der Waals surface area contributed by atoms with Gasteiger partial charge in [0.25, 0.3) is 0 Å². The molecule has 12 heavy (non-hydrogen) atoms. The molecule has 0 aliphatic rings. The van der Waals surface area contributed by atoms with Crippen molar-refractivity contribution in [3.63, 3.8) is 0 Å². The lowest BCUT2D eigenvalue weighted by atomic mass is 10.1. The maximum Gasteiger partial charge on any atom is 0.0679 e. The number of nitrogens with two attached hydrogens (primary N) is 2. The average molecular weight is 174 g/mol. The van der Waals surface area contributed by atoms with Crippen LogP contribution in [0.2, 0.25) is 0 Å². The summed E-state index contributed by atoms with van der Waals surface area (Å²) in [7, 11) is 0. The minimum Gasteiger partial charge on any atom is -0.330 e. The van der Waals surface area contributed by atoms with Gasteiger partial charge in [0.2, 0.25) is 0 Å². The highest BCUT2D eigenvalue weighted by Gasteiger charge is 1.90. The topological polar surface area (TPSA) is 61.3 Å². The van der Waals surface area contributed by atoms with E-state index in [9.17, 15) is 0 Å². The second kappa shape index (κ2) is 10.9. The summed E-state index contributed by atoms with van der Waals surface area (Å²) in [6.07, 6.45) is 8.72. The van der Waals surface area contributed by atoms with Gasteiger partial charge in [0.05, 0.1) is 6.61 Å². The molecule has 0 aromatic carbocycles. The molecule has 0 amide bonds. The molecule has 74 valence electrons. The van der Waals surface area contributed by atoms with Crippen molar-refractivity contribution in [2.45, 2.75) is 44.9 Å². The summed E-state index contributed by atoms with van der Waals surface area (Å²) in [4.78, 5) is 4.47. The molecule has 0 unspecified atom stereocenters. The van der Waals surface area contributed by atoms with E-state index in [1.807, 2.05) is 0 Å². The van der Waals surface area contributed by atoms with Crippen LogP contribution in [0, 0.1) is 0 Å². The van der Waals surface area contributed by atoms with E-state index in [-0.39, 0.29) is 0 Å². The van der Waals surface area contributed by atoms with Crippen LogP contribution in [0.1, 0.15) is 44.9 Å². The third kappa shape index (κ3) is 9.88. The molecule has 3 nitrogen and oxygen atoms in total. The molecular weight excluding hydrogens is 152 g/mol. The largest absolute Gasteiger partial charge is 0.330 e. The molecule has 0 aliphatic carbocycles. The van der Waals surface area contributed by atoms with Crippen LogP contribution in [-0.2, 0) is 4.84 Å². The highest BCUT2D eigenvalue weighted by Crippen LogP contribution is 2.06. The summed E-state index contributed by atoms with van der Waals surface area (Å²) >= 11 is 0. The second-order valence-electron chi connectivity index (χ2n) is 3.13. The quantitative estimate of drug-likeness (QED) is 0.412. The van der Waals surface area contributed by atoms with Crippen molar-refractivity contribution in [3.05, 3.63) is 0 Å². The van der Waals surface area contributed by atoms with Crippen molar-refractivity contribution in [3.8, 4) is 0 Å². The van der Waals surface area contributed by atoms with Gasteiger partial charge in [-0.25, -0.2) is 5.90 Å². The molecule has 0 atom stereocenters. The number of rotatable bonds is 9. The van der Waals surface area contributed by atoms with Crippen molar-refractivity contribution < 1.29 is 4.84 Å². The number of hydrogen-bond donors (Lipinski definition) is 2. The van der Waals surface area contributed by atoms with Gasteiger partial charge in [0.1, 0.15) is 0 Å². The highest BCUT2D eigenvalue weighted by molar-refractivity contribution is 4.46. The van der Waals surface area contributed by atoms with Crippen LogP contribution in [0.25, 0.3) is 0 Å². The van der Waals surface area contributed by atoms with Crippen molar-refractivity contribution in [2.24, 2.45) is 11.6 Å². The summed E-state index contributed by atoms with van der Waals surface area (Å²) < 4.78 is 0. The van der Waals surface area contributed by atoms with E-state index in [4.69, 9.17) is 11.6 Å². The average Bonchev–Trinajstić information content (AvgIpc) is 2.10. The lowest BCUT2D eigenvalue weighted by Gasteiger charge is -2.00. The first kappa shape index (κ1) is 11.9. The van der Waals surface area contributed by atoms with Gasteiger partial charge in [0, 0.05) is 0 Å². The zero-order chi connectivity index (χ0) is 9.07. The molecule has 0 saturated carbocycles. The van der Waals surface area contributed by atoms with Crippen LogP contribution in [-0.4, -0.2) is 13.2 Å². The van der Waals surface area contributed by atoms with Gasteiger partial charge in [-0.05, 0) is 19.4 Å². The van der Waals surface area contributed by atoms with Gasteiger partial charge in [-0.3, -0.25) is 0 Å². The Kier molecular flexibility index (Phi) is 10.8. The zero-order valence-corrected chi connectivity index (χ0v) is 7.93. The van der Waals surface area contributed by atoms with E-state index < -0.39 is 0 Å². The maximum absolute atomic E-state index is 5.38. The fourth-order valence-electron chi connectivity index (χ4n) is 1.21. The second-order valence-corrected chi connectivity index (χ2v) is 3.13. The normalized spacial score (nSPS) is 10.5. The molecule has 0 radical (unpaired) electrons. The van der Waals surface area contributed by atoms with Gasteiger partial charge in [-0.2, -0.15) is 0 Å². The SMILES string of the molecule is NCCCCCCCCCON. The van der Waals surface area contributed by atoms with Gasteiger partial charge >= 0.3 is 0 Å². The van der Waals surface area contributed by atoms with E-state index in [1.54, 1.807) is 0 Å². The molecule has 0 bridgehead atoms. The van der Waals surface area contributed by atoms with E-state index in [2.05, 4.69) is 4.84 Å². The Morgan fingerprint density at radius 2 is 1.25 bits per heavy atom. The summed E-state index contributed by atoms with van der Waals surface area (Å²) in [5, 5.41) is 0. The van der Waals surface area contributed by atoms with Crippen LogP contribution in [0.3, 0.4) is 0 Å². The summed E-state index contributed by atoms with van der Waals surface area (Å²) in [5.41, 5.74) is 5.38. The van der Waals surface area contributed by atoms with Crippen LogP contribution >= 0.6 is 0 Å². The predicted octanol–water partition coefficient (Wildman–Crippen LogP) is 1.57. The molecule has 0 rings (SSSR count). The molecule has 0 fully saturated rings. The first-order chi connectivity index (χ1) is 5.91. The Morgan fingerprint density at radius 3 is 1.75 bits per heavy atom. The first-order valence-electron chi connectivity index (χ1n) is 4.93. The Hall–Kier alpha value is -0.120. The molecule has 0 aromatic rings. The lowest BCUT2D eigenvalue weighted by molar-refractivity contribution is 0.133. The van der Waals surface area contributed by atoms with Gasteiger partial charge in [-0.15, -0.1) is 0 Å². The van der Waals surface area contributed by atoms with E-state index in [0.29, 0.717) is 6.61 Å². The standard InChI is InChI=1S/C9H22N2O/c10-8-6-4-2-1-3-5-7-9-12-11/h1-11H2. The molecule has 0 saturated heterocycles. The minimum atomic E-state index is 0.697. The third-order valence-corrected chi connectivity index (χ3v) is 1.97. The molecule has 0 aliphatic heterocycles. The summed E-state index contributed by atoms with van der Waals surface area (Å²) in [5.74, 6) is 4.90. The van der Waals surface area contributed by atoms with Crippen LogP contribution < -0.4 is 11.6 Å². The van der Waals surface area contributed by atoms with Crippen molar-refractivity contribution in [2.75, 3.05) is 13.2 Å². The van der Waals surface area contributed by atoms with E-state index in [0.717, 1.165) is 13.0 Å². The van der Waals surface area contributed by atoms with Gasteiger partial charge in [-0.1, -0.05) is 32.1 Å². The van der Waals surface area contributed by atoms with Crippen molar-refractivity contribution in [1.82, 2.24) is 0 Å². The van der Waals surface area contributed by atoms with E-state index in [1.165, 1.54) is 38.5 Å². The minimum absolute atomic E-state index is 0.697. The number of unbranched alkanes of at least 4 members (excludes halogenated alkanes) is 6. The summed E-state index contributed by atoms with van der Waals surface area (Å²) in [6.45, 7) is 1.53. The lowest BCUT2D eigenvalue weighted by Crippen LogP contribution is -2.00. The third-order valence-electron chi connectivity index (χ3n) is 1.97. The first-order valence-corrected chi connectivity index (χ1v) is 4.93. The molecule has 3 heteroatoms. The predicted molar refractivity (Wildman–Crippen MR) is 51.5 cm³/mol. The monoisotopic (exact) mass is 174 g/mol.